The fourth-order valence-corrected chi connectivity index (χ4v) is 2.33. The zero-order valence-electron chi connectivity index (χ0n) is 10.7. The van der Waals surface area contributed by atoms with E-state index in [0.29, 0.717) is 12.5 Å². The van der Waals surface area contributed by atoms with Gasteiger partial charge < -0.3 is 11.1 Å². The fraction of sp³-hybridized carbons (Fsp3) is 0.923. The molecule has 0 aliphatic heterocycles. The van der Waals surface area contributed by atoms with Gasteiger partial charge in [-0.1, -0.05) is 32.1 Å². The maximum absolute atomic E-state index is 11.6. The van der Waals surface area contributed by atoms with Gasteiger partial charge in [0.25, 0.3) is 0 Å². The molecule has 1 aliphatic carbocycles. The van der Waals surface area contributed by atoms with E-state index in [1.54, 1.807) is 0 Å². The quantitative estimate of drug-likeness (QED) is 0.693. The third-order valence-corrected chi connectivity index (χ3v) is 3.33. The highest BCUT2D eigenvalue weighted by molar-refractivity contribution is 5.85. The molecule has 0 saturated heterocycles. The smallest absolute Gasteiger partial charge is 0.220 e. The van der Waals surface area contributed by atoms with Crippen molar-refractivity contribution >= 4 is 18.3 Å². The highest BCUT2D eigenvalue weighted by Crippen LogP contribution is 2.17. The summed E-state index contributed by atoms with van der Waals surface area (Å²) in [6, 6.07) is 0.463. The van der Waals surface area contributed by atoms with Gasteiger partial charge in [-0.15, -0.1) is 12.4 Å². The Balaban J connectivity index is 0.00000256. The Morgan fingerprint density at radius 2 is 1.71 bits per heavy atom. The van der Waals surface area contributed by atoms with Crippen molar-refractivity contribution in [1.29, 1.82) is 0 Å². The number of unbranched alkanes of at least 4 members (excludes halogenated alkanes) is 3. The van der Waals surface area contributed by atoms with E-state index in [9.17, 15) is 4.79 Å². The van der Waals surface area contributed by atoms with Crippen LogP contribution >= 0.6 is 12.4 Å². The number of carbonyl (C=O) groups excluding carboxylic acids is 1. The van der Waals surface area contributed by atoms with E-state index in [4.69, 9.17) is 5.73 Å². The van der Waals surface area contributed by atoms with Gasteiger partial charge in [-0.25, -0.2) is 0 Å². The molecule has 1 saturated carbocycles. The minimum absolute atomic E-state index is 0. The first-order valence-electron chi connectivity index (χ1n) is 6.82. The lowest BCUT2D eigenvalue weighted by Gasteiger charge is -2.22. The van der Waals surface area contributed by atoms with E-state index in [-0.39, 0.29) is 18.3 Å². The van der Waals surface area contributed by atoms with E-state index in [1.807, 2.05) is 0 Å². The van der Waals surface area contributed by atoms with E-state index in [0.717, 1.165) is 32.2 Å². The highest BCUT2D eigenvalue weighted by Gasteiger charge is 2.14. The Kier molecular flexibility index (Phi) is 10.7. The molecule has 0 aromatic rings. The average molecular weight is 263 g/mol. The molecule has 1 amide bonds. The lowest BCUT2D eigenvalue weighted by atomic mass is 9.95. The van der Waals surface area contributed by atoms with Crippen LogP contribution in [0.5, 0.6) is 0 Å². The second-order valence-electron chi connectivity index (χ2n) is 4.86. The Morgan fingerprint density at radius 3 is 2.35 bits per heavy atom. The number of nitrogens with one attached hydrogen (secondary N) is 1. The minimum atomic E-state index is 0. The summed E-state index contributed by atoms with van der Waals surface area (Å²) in [5, 5.41) is 3.15. The van der Waals surface area contributed by atoms with Gasteiger partial charge in [-0.2, -0.15) is 0 Å². The summed E-state index contributed by atoms with van der Waals surface area (Å²) >= 11 is 0. The first-order valence-corrected chi connectivity index (χ1v) is 6.82. The van der Waals surface area contributed by atoms with E-state index >= 15 is 0 Å². The van der Waals surface area contributed by atoms with Crippen LogP contribution in [0.15, 0.2) is 0 Å². The second kappa shape index (κ2) is 10.8. The van der Waals surface area contributed by atoms with Crippen molar-refractivity contribution in [3.8, 4) is 0 Å². The first-order chi connectivity index (χ1) is 7.83. The molecule has 0 bridgehead atoms. The molecular weight excluding hydrogens is 236 g/mol. The normalized spacial score (nSPS) is 16.3. The topological polar surface area (TPSA) is 55.1 Å². The van der Waals surface area contributed by atoms with Crippen LogP contribution in [0.3, 0.4) is 0 Å². The van der Waals surface area contributed by atoms with Crippen molar-refractivity contribution in [2.45, 2.75) is 70.3 Å². The van der Waals surface area contributed by atoms with Crippen molar-refractivity contribution in [2.75, 3.05) is 6.54 Å². The van der Waals surface area contributed by atoms with Crippen LogP contribution in [0.2, 0.25) is 0 Å². The van der Waals surface area contributed by atoms with Crippen molar-refractivity contribution < 1.29 is 4.79 Å². The Bertz CT molecular complexity index is 194. The summed E-state index contributed by atoms with van der Waals surface area (Å²) in [6.07, 6.45) is 11.3. The van der Waals surface area contributed by atoms with Crippen molar-refractivity contribution in [3.63, 3.8) is 0 Å². The van der Waals surface area contributed by atoms with Gasteiger partial charge in [0.05, 0.1) is 0 Å². The number of carbonyl (C=O) groups is 1. The zero-order chi connectivity index (χ0) is 11.6. The molecule has 1 rings (SSSR count). The SMILES string of the molecule is Cl.NCCCCCCC(=O)NC1CCCCC1. The van der Waals surface area contributed by atoms with Crippen LogP contribution < -0.4 is 11.1 Å². The number of amides is 1. The molecule has 0 atom stereocenters. The largest absolute Gasteiger partial charge is 0.353 e. The van der Waals surface area contributed by atoms with E-state index in [1.165, 1.54) is 32.1 Å². The molecule has 0 aromatic heterocycles. The molecule has 4 heteroatoms. The standard InChI is InChI=1S/C13H26N2O.ClH/c14-11-7-2-1-6-10-13(16)15-12-8-4-3-5-9-12;/h12H,1-11,14H2,(H,15,16);1H. The van der Waals surface area contributed by atoms with Crippen LogP contribution in [-0.2, 0) is 4.79 Å². The van der Waals surface area contributed by atoms with E-state index in [2.05, 4.69) is 5.32 Å². The molecule has 0 unspecified atom stereocenters. The summed E-state index contributed by atoms with van der Waals surface area (Å²) in [5.74, 6) is 0.250. The van der Waals surface area contributed by atoms with Gasteiger partial charge in [0.2, 0.25) is 5.91 Å². The molecule has 17 heavy (non-hydrogen) atoms. The molecule has 0 aromatic carbocycles. The summed E-state index contributed by atoms with van der Waals surface area (Å²) in [5.41, 5.74) is 5.41. The number of halogens is 1. The lowest BCUT2D eigenvalue weighted by molar-refractivity contribution is -0.122. The number of hydrogen-bond acceptors (Lipinski definition) is 2. The average Bonchev–Trinajstić information content (AvgIpc) is 2.30. The predicted octanol–water partition coefficient (Wildman–Crippen LogP) is 2.77. The maximum Gasteiger partial charge on any atom is 0.220 e. The van der Waals surface area contributed by atoms with Gasteiger partial charge >= 0.3 is 0 Å². The molecule has 3 N–H and O–H groups in total. The second-order valence-corrected chi connectivity index (χ2v) is 4.86. The van der Waals surface area contributed by atoms with E-state index < -0.39 is 0 Å². The molecule has 0 radical (unpaired) electrons. The van der Waals surface area contributed by atoms with Gasteiger partial charge in [-0.05, 0) is 32.2 Å². The Morgan fingerprint density at radius 1 is 1.06 bits per heavy atom. The van der Waals surface area contributed by atoms with Crippen molar-refractivity contribution in [3.05, 3.63) is 0 Å². The lowest BCUT2D eigenvalue weighted by Crippen LogP contribution is -2.35. The van der Waals surface area contributed by atoms with Crippen molar-refractivity contribution in [2.24, 2.45) is 5.73 Å². The third-order valence-electron chi connectivity index (χ3n) is 3.33. The molecule has 3 nitrogen and oxygen atoms in total. The highest BCUT2D eigenvalue weighted by atomic mass is 35.5. The van der Waals surface area contributed by atoms with Gasteiger partial charge in [-0.3, -0.25) is 4.79 Å². The molecule has 0 spiro atoms. The summed E-state index contributed by atoms with van der Waals surface area (Å²) in [7, 11) is 0. The van der Waals surface area contributed by atoms with Gasteiger partial charge in [0, 0.05) is 12.5 Å². The van der Waals surface area contributed by atoms with Crippen LogP contribution in [0.4, 0.5) is 0 Å². The van der Waals surface area contributed by atoms with Crippen LogP contribution in [0.25, 0.3) is 0 Å². The number of nitrogens with two attached hydrogens (primary N) is 1. The maximum atomic E-state index is 11.6. The van der Waals surface area contributed by atoms with Gasteiger partial charge in [0.15, 0.2) is 0 Å². The number of hydrogen-bond donors (Lipinski definition) is 2. The Hall–Kier alpha value is -0.280. The van der Waals surface area contributed by atoms with Crippen LogP contribution in [0.1, 0.15) is 64.2 Å². The third kappa shape index (κ3) is 8.44. The summed E-state index contributed by atoms with van der Waals surface area (Å²) < 4.78 is 0. The number of rotatable bonds is 7. The predicted molar refractivity (Wildman–Crippen MR) is 74.4 cm³/mol. The minimum Gasteiger partial charge on any atom is -0.353 e. The Labute approximate surface area is 111 Å². The summed E-state index contributed by atoms with van der Waals surface area (Å²) in [6.45, 7) is 0.772. The molecule has 1 aliphatic rings. The van der Waals surface area contributed by atoms with Crippen LogP contribution in [-0.4, -0.2) is 18.5 Å². The fourth-order valence-electron chi connectivity index (χ4n) is 2.33. The zero-order valence-corrected chi connectivity index (χ0v) is 11.6. The monoisotopic (exact) mass is 262 g/mol. The van der Waals surface area contributed by atoms with Gasteiger partial charge in [0.1, 0.15) is 0 Å². The molecule has 0 heterocycles. The van der Waals surface area contributed by atoms with Crippen LogP contribution in [0, 0.1) is 0 Å². The summed E-state index contributed by atoms with van der Waals surface area (Å²) in [4.78, 5) is 11.6. The van der Waals surface area contributed by atoms with Crippen molar-refractivity contribution in [1.82, 2.24) is 5.32 Å². The first kappa shape index (κ1) is 16.7. The molecular formula is C13H27ClN2O. The molecule has 102 valence electrons. The molecule has 1 fully saturated rings.